The molecule has 1 fully saturated rings. The number of nitrogens with one attached hydrogen (secondary N) is 1. The predicted octanol–water partition coefficient (Wildman–Crippen LogP) is 2.66. The Hall–Kier alpha value is -2.77. The molecule has 2 N–H and O–H groups in total. The summed E-state index contributed by atoms with van der Waals surface area (Å²) in [7, 11) is 0. The van der Waals surface area contributed by atoms with Gasteiger partial charge in [0.15, 0.2) is 0 Å². The van der Waals surface area contributed by atoms with Gasteiger partial charge in [0.1, 0.15) is 11.4 Å². The molecular weight excluding hydrogens is 387 g/mol. The maximum atomic E-state index is 13.6. The molecule has 6 nitrogen and oxygen atoms in total. The van der Waals surface area contributed by atoms with Gasteiger partial charge in [-0.2, -0.15) is 0 Å². The maximum Gasteiger partial charge on any atom is 0.325 e. The average Bonchev–Trinajstić information content (AvgIpc) is 3.28. The number of hydrogen-bond acceptors (Lipinski definition) is 4. The van der Waals surface area contributed by atoms with Crippen molar-refractivity contribution >= 4 is 11.9 Å². The van der Waals surface area contributed by atoms with E-state index in [2.05, 4.69) is 5.32 Å². The number of β-amino-alcohol motifs (C(OH)–C–C–N with tert-alkyl or cyclic N) is 1. The molecule has 1 heterocycles. The lowest BCUT2D eigenvalue weighted by Gasteiger charge is -2.24. The first-order chi connectivity index (χ1) is 14.4. The molecule has 2 aliphatic rings. The van der Waals surface area contributed by atoms with E-state index in [9.17, 15) is 19.1 Å². The van der Waals surface area contributed by atoms with E-state index in [0.29, 0.717) is 5.56 Å². The lowest BCUT2D eigenvalue weighted by atomic mass is 9.89. The van der Waals surface area contributed by atoms with Crippen LogP contribution in [0.15, 0.2) is 42.5 Å². The second-order valence-electron chi connectivity index (χ2n) is 8.07. The van der Waals surface area contributed by atoms with Gasteiger partial charge in [-0.15, -0.1) is 0 Å². The van der Waals surface area contributed by atoms with E-state index >= 15 is 0 Å². The Morgan fingerprint density at radius 2 is 1.97 bits per heavy atom. The molecule has 1 aliphatic heterocycles. The number of aliphatic hydroxyl groups is 1. The summed E-state index contributed by atoms with van der Waals surface area (Å²) in [6.07, 6.45) is 2.04. The Balaban J connectivity index is 1.38. The first kappa shape index (κ1) is 20.5. The van der Waals surface area contributed by atoms with E-state index in [4.69, 9.17) is 4.74 Å². The van der Waals surface area contributed by atoms with Crippen LogP contribution in [0, 0.1) is 5.82 Å². The SMILES string of the molecule is C[C@]1(c2ccc3c(c2)CCC3)NC(=O)N(C[C@H](O)COCc2ccccc2F)C1=O. The van der Waals surface area contributed by atoms with Gasteiger partial charge in [-0.05, 0) is 48.9 Å². The van der Waals surface area contributed by atoms with Crippen LogP contribution in [-0.2, 0) is 34.5 Å². The summed E-state index contributed by atoms with van der Waals surface area (Å²) in [5, 5.41) is 13.0. The minimum absolute atomic E-state index is 0.00326. The third kappa shape index (κ3) is 3.82. The number of urea groups is 1. The number of halogens is 1. The fraction of sp³-hybridized carbons (Fsp3) is 0.391. The minimum Gasteiger partial charge on any atom is -0.389 e. The molecule has 2 aromatic carbocycles. The Bertz CT molecular complexity index is 979. The van der Waals surface area contributed by atoms with Gasteiger partial charge in [0.05, 0.1) is 25.9 Å². The molecule has 0 saturated carbocycles. The van der Waals surface area contributed by atoms with Crippen molar-refractivity contribution in [3.63, 3.8) is 0 Å². The fourth-order valence-corrected chi connectivity index (χ4v) is 4.13. The second-order valence-corrected chi connectivity index (χ2v) is 8.07. The number of aliphatic hydroxyl groups excluding tert-OH is 1. The van der Waals surface area contributed by atoms with Gasteiger partial charge in [0, 0.05) is 5.56 Å². The Morgan fingerprint density at radius 1 is 1.20 bits per heavy atom. The van der Waals surface area contributed by atoms with E-state index in [-0.39, 0.29) is 25.6 Å². The number of benzene rings is 2. The van der Waals surface area contributed by atoms with Crippen LogP contribution in [0.5, 0.6) is 0 Å². The first-order valence-electron chi connectivity index (χ1n) is 10.1. The fourth-order valence-electron chi connectivity index (χ4n) is 4.13. The van der Waals surface area contributed by atoms with Gasteiger partial charge in [-0.25, -0.2) is 9.18 Å². The molecule has 0 aromatic heterocycles. The van der Waals surface area contributed by atoms with E-state index in [1.165, 1.54) is 17.2 Å². The van der Waals surface area contributed by atoms with Crippen molar-refractivity contribution < 1.29 is 23.8 Å². The number of ether oxygens (including phenoxy) is 1. The van der Waals surface area contributed by atoms with Crippen molar-refractivity contribution in [3.8, 4) is 0 Å². The summed E-state index contributed by atoms with van der Waals surface area (Å²) >= 11 is 0. The number of imide groups is 1. The lowest BCUT2D eigenvalue weighted by Crippen LogP contribution is -2.42. The summed E-state index contributed by atoms with van der Waals surface area (Å²) in [6.45, 7) is 1.37. The molecule has 0 unspecified atom stereocenters. The first-order valence-corrected chi connectivity index (χ1v) is 10.1. The molecule has 7 heteroatoms. The third-order valence-electron chi connectivity index (χ3n) is 5.87. The zero-order valence-electron chi connectivity index (χ0n) is 16.9. The molecule has 2 atom stereocenters. The smallest absolute Gasteiger partial charge is 0.325 e. The zero-order chi connectivity index (χ0) is 21.3. The number of carbonyl (C=O) groups excluding carboxylic acids is 2. The quantitative estimate of drug-likeness (QED) is 0.686. The normalized spacial score (nSPS) is 21.6. The number of hydrogen-bond donors (Lipinski definition) is 2. The van der Waals surface area contributed by atoms with E-state index < -0.39 is 23.6 Å². The predicted molar refractivity (Wildman–Crippen MR) is 108 cm³/mol. The van der Waals surface area contributed by atoms with Crippen LogP contribution < -0.4 is 5.32 Å². The highest BCUT2D eigenvalue weighted by Gasteiger charge is 2.49. The van der Waals surface area contributed by atoms with Crippen molar-refractivity contribution in [2.45, 2.75) is 44.4 Å². The monoisotopic (exact) mass is 412 g/mol. The highest BCUT2D eigenvalue weighted by atomic mass is 19.1. The second kappa shape index (κ2) is 8.16. The molecule has 1 saturated heterocycles. The van der Waals surface area contributed by atoms with Crippen molar-refractivity contribution in [3.05, 3.63) is 70.5 Å². The van der Waals surface area contributed by atoms with Crippen LogP contribution in [-0.4, -0.2) is 41.2 Å². The van der Waals surface area contributed by atoms with Crippen LogP contribution in [0.3, 0.4) is 0 Å². The van der Waals surface area contributed by atoms with E-state index in [1.807, 2.05) is 18.2 Å². The highest BCUT2D eigenvalue weighted by molar-refractivity contribution is 6.07. The highest BCUT2D eigenvalue weighted by Crippen LogP contribution is 2.32. The Morgan fingerprint density at radius 3 is 2.77 bits per heavy atom. The molecular formula is C23H25FN2O4. The van der Waals surface area contributed by atoms with E-state index in [1.54, 1.807) is 25.1 Å². The van der Waals surface area contributed by atoms with Gasteiger partial charge < -0.3 is 15.2 Å². The van der Waals surface area contributed by atoms with Gasteiger partial charge in [0.25, 0.3) is 5.91 Å². The van der Waals surface area contributed by atoms with Crippen LogP contribution in [0.25, 0.3) is 0 Å². The minimum atomic E-state index is -1.16. The van der Waals surface area contributed by atoms with E-state index in [0.717, 1.165) is 29.7 Å². The molecule has 0 bridgehead atoms. The zero-order valence-corrected chi connectivity index (χ0v) is 16.9. The molecule has 4 rings (SSSR count). The van der Waals surface area contributed by atoms with Gasteiger partial charge in [-0.1, -0.05) is 36.4 Å². The summed E-state index contributed by atoms with van der Waals surface area (Å²) < 4.78 is 19.0. The number of rotatable bonds is 7. The number of fused-ring (bicyclic) bond motifs is 1. The van der Waals surface area contributed by atoms with Gasteiger partial charge in [0.2, 0.25) is 0 Å². The molecule has 1 aliphatic carbocycles. The number of nitrogens with zero attached hydrogens (tertiary/aromatic N) is 1. The number of carbonyl (C=O) groups is 2. The van der Waals surface area contributed by atoms with Crippen molar-refractivity contribution in [1.29, 1.82) is 0 Å². The van der Waals surface area contributed by atoms with Crippen LogP contribution in [0.2, 0.25) is 0 Å². The third-order valence-corrected chi connectivity index (χ3v) is 5.87. The van der Waals surface area contributed by atoms with Crippen LogP contribution >= 0.6 is 0 Å². The summed E-state index contributed by atoms with van der Waals surface area (Å²) in [5.74, 6) is -0.787. The van der Waals surface area contributed by atoms with Crippen LogP contribution in [0.1, 0.15) is 35.6 Å². The Kier molecular flexibility index (Phi) is 5.58. The molecule has 158 valence electrons. The van der Waals surface area contributed by atoms with Crippen molar-refractivity contribution in [1.82, 2.24) is 10.2 Å². The standard InChI is InChI=1S/C23H25FN2O4/c1-23(18-10-9-15-6-4-7-16(15)11-18)21(28)26(22(29)25-23)12-19(27)14-30-13-17-5-2-3-8-20(17)24/h2-3,5,8-11,19,27H,4,6-7,12-14H2,1H3,(H,25,29)/t19-,23+/m0/s1. The maximum absolute atomic E-state index is 13.6. The van der Waals surface area contributed by atoms with Crippen molar-refractivity contribution in [2.24, 2.45) is 0 Å². The van der Waals surface area contributed by atoms with Crippen molar-refractivity contribution in [2.75, 3.05) is 13.2 Å². The molecule has 0 spiro atoms. The van der Waals surface area contributed by atoms with Gasteiger partial charge >= 0.3 is 6.03 Å². The summed E-state index contributed by atoms with van der Waals surface area (Å²) in [6, 6.07) is 11.6. The van der Waals surface area contributed by atoms with Crippen LogP contribution in [0.4, 0.5) is 9.18 Å². The largest absolute Gasteiger partial charge is 0.389 e. The number of amides is 3. The number of aryl methyl sites for hydroxylation is 2. The molecule has 0 radical (unpaired) electrons. The van der Waals surface area contributed by atoms with Gasteiger partial charge in [-0.3, -0.25) is 9.69 Å². The lowest BCUT2D eigenvalue weighted by molar-refractivity contribution is -0.132. The summed E-state index contributed by atoms with van der Waals surface area (Å²) in [5.41, 5.74) is 2.47. The summed E-state index contributed by atoms with van der Waals surface area (Å²) in [4.78, 5) is 26.5. The molecule has 30 heavy (non-hydrogen) atoms. The topological polar surface area (TPSA) is 78.9 Å². The molecule has 2 aromatic rings. The average molecular weight is 412 g/mol. The molecule has 3 amide bonds. The Labute approximate surface area is 174 Å².